The van der Waals surface area contributed by atoms with E-state index in [2.05, 4.69) is 10.1 Å². The average Bonchev–Trinajstić information content (AvgIpc) is 3.09. The molecule has 0 aromatic carbocycles. The van der Waals surface area contributed by atoms with Crippen molar-refractivity contribution in [1.82, 2.24) is 14.8 Å². The van der Waals surface area contributed by atoms with Crippen LogP contribution in [0.4, 0.5) is 0 Å². The summed E-state index contributed by atoms with van der Waals surface area (Å²) in [6.07, 6.45) is 9.32. The highest BCUT2D eigenvalue weighted by molar-refractivity contribution is 4.96. The van der Waals surface area contributed by atoms with Gasteiger partial charge in [-0.3, -0.25) is 0 Å². The van der Waals surface area contributed by atoms with Crippen molar-refractivity contribution < 1.29 is 9.47 Å². The van der Waals surface area contributed by atoms with E-state index in [1.807, 2.05) is 11.0 Å². The summed E-state index contributed by atoms with van der Waals surface area (Å²) in [6.45, 7) is 1.54. The molecule has 1 aromatic rings. The lowest BCUT2D eigenvalue weighted by Crippen LogP contribution is -2.26. The minimum atomic E-state index is -0.230. The Balaban J connectivity index is 1.49. The molecule has 0 amide bonds. The zero-order valence-electron chi connectivity index (χ0n) is 10.5. The normalized spacial score (nSPS) is 38.1. The molecule has 0 radical (unpaired) electrons. The van der Waals surface area contributed by atoms with E-state index in [0.717, 1.165) is 37.9 Å². The fourth-order valence-corrected chi connectivity index (χ4v) is 4.08. The van der Waals surface area contributed by atoms with Gasteiger partial charge in [-0.1, -0.05) is 0 Å². The summed E-state index contributed by atoms with van der Waals surface area (Å²) in [4.78, 5) is 4.06. The summed E-state index contributed by atoms with van der Waals surface area (Å²) in [5.74, 6) is 1.28. The van der Waals surface area contributed by atoms with Gasteiger partial charge in [-0.25, -0.2) is 9.67 Å². The first kappa shape index (κ1) is 10.9. The number of rotatable bonds is 1. The van der Waals surface area contributed by atoms with Crippen LogP contribution in [0.1, 0.15) is 38.1 Å². The highest BCUT2D eigenvalue weighted by Crippen LogP contribution is 2.52. The van der Waals surface area contributed by atoms with E-state index in [-0.39, 0.29) is 5.79 Å². The monoisotopic (exact) mass is 249 g/mol. The molecular weight excluding hydrogens is 230 g/mol. The third-order valence-electron chi connectivity index (χ3n) is 4.88. The lowest BCUT2D eigenvalue weighted by molar-refractivity contribution is -0.154. The number of fused-ring (bicyclic) bond motifs is 1. The largest absolute Gasteiger partial charge is 0.348 e. The number of hydrogen-bond acceptors (Lipinski definition) is 4. The fraction of sp³-hybridized carbons (Fsp3) is 0.846. The van der Waals surface area contributed by atoms with Gasteiger partial charge >= 0.3 is 0 Å². The van der Waals surface area contributed by atoms with Gasteiger partial charge in [0.15, 0.2) is 5.79 Å². The molecule has 0 bridgehead atoms. The first-order valence-electron chi connectivity index (χ1n) is 6.97. The molecular formula is C13H19N3O2. The second kappa shape index (κ2) is 4.03. The van der Waals surface area contributed by atoms with Crippen LogP contribution >= 0.6 is 0 Å². The average molecular weight is 249 g/mol. The molecule has 0 N–H and O–H groups in total. The molecule has 3 aliphatic rings. The molecule has 3 fully saturated rings. The quantitative estimate of drug-likeness (QED) is 0.761. The van der Waals surface area contributed by atoms with Crippen molar-refractivity contribution in [2.24, 2.45) is 11.8 Å². The molecule has 1 spiro atoms. The smallest absolute Gasteiger partial charge is 0.169 e. The minimum Gasteiger partial charge on any atom is -0.348 e. The molecule has 4 rings (SSSR count). The fourth-order valence-electron chi connectivity index (χ4n) is 4.08. The van der Waals surface area contributed by atoms with Crippen LogP contribution < -0.4 is 0 Å². The SMILES string of the molecule is c1ncn([C@H]2CCC3CC4(CC3C2)OCCO4)n1. The molecule has 5 heteroatoms. The summed E-state index contributed by atoms with van der Waals surface area (Å²) < 4.78 is 13.7. The first-order valence-corrected chi connectivity index (χ1v) is 6.97. The van der Waals surface area contributed by atoms with Gasteiger partial charge in [0.1, 0.15) is 12.7 Å². The van der Waals surface area contributed by atoms with E-state index < -0.39 is 0 Å². The van der Waals surface area contributed by atoms with Crippen LogP contribution in [-0.4, -0.2) is 33.8 Å². The van der Waals surface area contributed by atoms with E-state index in [1.165, 1.54) is 19.3 Å². The van der Waals surface area contributed by atoms with Crippen LogP contribution in [-0.2, 0) is 9.47 Å². The molecule has 18 heavy (non-hydrogen) atoms. The van der Waals surface area contributed by atoms with Crippen LogP contribution in [0.25, 0.3) is 0 Å². The Morgan fingerprint density at radius 3 is 2.72 bits per heavy atom. The number of aromatic nitrogens is 3. The molecule has 2 heterocycles. The Labute approximate surface area is 106 Å². The van der Waals surface area contributed by atoms with Crippen LogP contribution in [0, 0.1) is 11.8 Å². The zero-order chi connectivity index (χ0) is 12.0. The Morgan fingerprint density at radius 1 is 1.11 bits per heavy atom. The van der Waals surface area contributed by atoms with Crippen LogP contribution in [0.3, 0.4) is 0 Å². The summed E-state index contributed by atoms with van der Waals surface area (Å²) in [6, 6.07) is 0.519. The van der Waals surface area contributed by atoms with Gasteiger partial charge in [-0.2, -0.15) is 5.10 Å². The van der Waals surface area contributed by atoms with Gasteiger partial charge in [0.05, 0.1) is 19.3 Å². The lowest BCUT2D eigenvalue weighted by atomic mass is 9.79. The van der Waals surface area contributed by atoms with Gasteiger partial charge in [-0.05, 0) is 31.1 Å². The van der Waals surface area contributed by atoms with Crippen molar-refractivity contribution in [3.8, 4) is 0 Å². The highest BCUT2D eigenvalue weighted by atomic mass is 16.7. The highest BCUT2D eigenvalue weighted by Gasteiger charge is 2.51. The summed E-state index contributed by atoms with van der Waals surface area (Å²) >= 11 is 0. The molecule has 2 saturated carbocycles. The maximum absolute atomic E-state index is 5.86. The van der Waals surface area contributed by atoms with Crippen LogP contribution in [0.2, 0.25) is 0 Å². The van der Waals surface area contributed by atoms with Crippen LogP contribution in [0.15, 0.2) is 12.7 Å². The van der Waals surface area contributed by atoms with Crippen molar-refractivity contribution in [3.05, 3.63) is 12.7 Å². The Kier molecular flexibility index (Phi) is 2.45. The molecule has 1 saturated heterocycles. The number of ether oxygens (including phenoxy) is 2. The van der Waals surface area contributed by atoms with Crippen molar-refractivity contribution in [3.63, 3.8) is 0 Å². The third-order valence-corrected chi connectivity index (χ3v) is 4.88. The standard InChI is InChI=1S/C13H19N3O2/c1-2-12(16-9-14-8-15-16)5-11-7-13(6-10(1)11)17-3-4-18-13/h8-12H,1-7H2/t10?,11?,12-/m0/s1. The third kappa shape index (κ3) is 1.68. The maximum Gasteiger partial charge on any atom is 0.169 e. The summed E-state index contributed by atoms with van der Waals surface area (Å²) in [7, 11) is 0. The zero-order valence-corrected chi connectivity index (χ0v) is 10.5. The van der Waals surface area contributed by atoms with E-state index in [9.17, 15) is 0 Å². The molecule has 2 aliphatic carbocycles. The van der Waals surface area contributed by atoms with Gasteiger partial charge in [0, 0.05) is 12.8 Å². The minimum absolute atomic E-state index is 0.230. The Morgan fingerprint density at radius 2 is 1.94 bits per heavy atom. The van der Waals surface area contributed by atoms with Gasteiger partial charge in [0.25, 0.3) is 0 Å². The summed E-state index contributed by atoms with van der Waals surface area (Å²) in [5.41, 5.74) is 0. The second-order valence-corrected chi connectivity index (χ2v) is 5.88. The van der Waals surface area contributed by atoms with E-state index in [4.69, 9.17) is 9.47 Å². The predicted molar refractivity (Wildman–Crippen MR) is 63.8 cm³/mol. The van der Waals surface area contributed by atoms with Crippen molar-refractivity contribution in [2.75, 3.05) is 13.2 Å². The molecule has 98 valence electrons. The molecule has 1 aromatic heterocycles. The van der Waals surface area contributed by atoms with Crippen molar-refractivity contribution in [2.45, 2.75) is 43.9 Å². The van der Waals surface area contributed by atoms with Gasteiger partial charge in [0.2, 0.25) is 0 Å². The number of nitrogens with zero attached hydrogens (tertiary/aromatic N) is 3. The Hall–Kier alpha value is -0.940. The molecule has 3 atom stereocenters. The maximum atomic E-state index is 5.86. The lowest BCUT2D eigenvalue weighted by Gasteiger charge is -2.31. The Bertz CT molecular complexity index is 414. The van der Waals surface area contributed by atoms with E-state index in [1.54, 1.807) is 6.33 Å². The molecule has 5 nitrogen and oxygen atoms in total. The van der Waals surface area contributed by atoms with Crippen LogP contribution in [0.5, 0.6) is 0 Å². The second-order valence-electron chi connectivity index (χ2n) is 5.88. The molecule has 1 aliphatic heterocycles. The van der Waals surface area contributed by atoms with E-state index in [0.29, 0.717) is 6.04 Å². The first-order chi connectivity index (χ1) is 8.85. The van der Waals surface area contributed by atoms with Gasteiger partial charge < -0.3 is 9.47 Å². The number of hydrogen-bond donors (Lipinski definition) is 0. The molecule has 2 unspecified atom stereocenters. The van der Waals surface area contributed by atoms with E-state index >= 15 is 0 Å². The predicted octanol–water partition coefficient (Wildman–Crippen LogP) is 1.77. The van der Waals surface area contributed by atoms with Gasteiger partial charge in [-0.15, -0.1) is 0 Å². The van der Waals surface area contributed by atoms with Crippen molar-refractivity contribution in [1.29, 1.82) is 0 Å². The summed E-state index contributed by atoms with van der Waals surface area (Å²) in [5, 5.41) is 4.29. The topological polar surface area (TPSA) is 49.2 Å². The van der Waals surface area contributed by atoms with Crippen molar-refractivity contribution >= 4 is 0 Å².